The molecule has 0 fully saturated rings. The SMILES string of the molecule is CC.CNCCCC[C@H](NC(=O)[C@H](Cc1ccccc1)NC(=O)OCC1c2ccccc2-c2ccccc21)C(=O)Nc1ccc(CO)cc1. The van der Waals surface area contributed by atoms with Crippen LogP contribution in [0, 0.1) is 0 Å². The second kappa shape index (κ2) is 19.1. The molecule has 4 aromatic carbocycles. The van der Waals surface area contributed by atoms with Gasteiger partial charge in [-0.3, -0.25) is 9.59 Å². The van der Waals surface area contributed by atoms with Crippen molar-refractivity contribution < 1.29 is 24.2 Å². The maximum Gasteiger partial charge on any atom is 0.407 e. The summed E-state index contributed by atoms with van der Waals surface area (Å²) >= 11 is 0. The van der Waals surface area contributed by atoms with Gasteiger partial charge < -0.3 is 31.1 Å². The highest BCUT2D eigenvalue weighted by atomic mass is 16.5. The van der Waals surface area contributed by atoms with Crippen LogP contribution in [0.15, 0.2) is 103 Å². The first-order valence-electron chi connectivity index (χ1n) is 17.1. The van der Waals surface area contributed by atoms with Crippen molar-refractivity contribution in [3.63, 3.8) is 0 Å². The Labute approximate surface area is 289 Å². The Morgan fingerprint density at radius 3 is 1.94 bits per heavy atom. The Morgan fingerprint density at radius 2 is 1.33 bits per heavy atom. The molecule has 1 aliphatic rings. The number of carbonyl (C=O) groups excluding carboxylic acids is 3. The smallest absolute Gasteiger partial charge is 0.407 e. The summed E-state index contributed by atoms with van der Waals surface area (Å²) in [6.45, 7) is 4.80. The fourth-order valence-electron chi connectivity index (χ4n) is 5.96. The lowest BCUT2D eigenvalue weighted by Crippen LogP contribution is -2.53. The van der Waals surface area contributed by atoms with Gasteiger partial charge in [-0.2, -0.15) is 0 Å². The minimum Gasteiger partial charge on any atom is -0.449 e. The number of aliphatic hydroxyl groups is 1. The van der Waals surface area contributed by atoms with Gasteiger partial charge in [0.2, 0.25) is 11.8 Å². The second-order valence-electron chi connectivity index (χ2n) is 11.7. The first kappa shape index (κ1) is 36.8. The number of hydrogen-bond acceptors (Lipinski definition) is 6. The number of amides is 3. The topological polar surface area (TPSA) is 129 Å². The number of unbranched alkanes of at least 4 members (excludes halogenated alkanes) is 1. The highest BCUT2D eigenvalue weighted by molar-refractivity contribution is 5.98. The van der Waals surface area contributed by atoms with Crippen molar-refractivity contribution in [2.45, 2.75) is 64.1 Å². The van der Waals surface area contributed by atoms with Gasteiger partial charge in [0.25, 0.3) is 0 Å². The molecule has 0 spiro atoms. The Morgan fingerprint density at radius 1 is 0.714 bits per heavy atom. The molecular weight excluding hydrogens is 616 g/mol. The molecule has 0 radical (unpaired) electrons. The summed E-state index contributed by atoms with van der Waals surface area (Å²) in [6.07, 6.45) is 1.45. The fourth-order valence-corrected chi connectivity index (χ4v) is 5.96. The number of ether oxygens (including phenoxy) is 1. The number of alkyl carbamates (subject to hydrolysis) is 1. The van der Waals surface area contributed by atoms with E-state index in [0.29, 0.717) is 18.5 Å². The van der Waals surface area contributed by atoms with Crippen molar-refractivity contribution in [3.05, 3.63) is 125 Å². The van der Waals surface area contributed by atoms with E-state index in [1.54, 1.807) is 24.3 Å². The number of aliphatic hydroxyl groups excluding tert-OH is 1. The Hall–Kier alpha value is -4.99. The van der Waals surface area contributed by atoms with Gasteiger partial charge in [0.05, 0.1) is 6.61 Å². The molecule has 0 saturated heterocycles. The number of fused-ring (bicyclic) bond motifs is 3. The Balaban J connectivity index is 0.00000265. The highest BCUT2D eigenvalue weighted by Crippen LogP contribution is 2.44. The zero-order chi connectivity index (χ0) is 35.0. The minimum absolute atomic E-state index is 0.0994. The van der Waals surface area contributed by atoms with E-state index in [2.05, 4.69) is 45.5 Å². The number of anilines is 1. The monoisotopic (exact) mass is 664 g/mol. The van der Waals surface area contributed by atoms with E-state index in [9.17, 15) is 19.5 Å². The predicted molar refractivity (Wildman–Crippen MR) is 194 cm³/mol. The molecule has 5 rings (SSSR count). The van der Waals surface area contributed by atoms with E-state index in [4.69, 9.17) is 4.74 Å². The molecule has 0 heterocycles. The summed E-state index contributed by atoms with van der Waals surface area (Å²) in [4.78, 5) is 40.5. The van der Waals surface area contributed by atoms with Gasteiger partial charge >= 0.3 is 6.09 Å². The molecule has 9 nitrogen and oxygen atoms in total. The third kappa shape index (κ3) is 10.2. The van der Waals surface area contributed by atoms with Crippen LogP contribution in [0.25, 0.3) is 11.1 Å². The normalized spacial score (nSPS) is 12.7. The van der Waals surface area contributed by atoms with E-state index >= 15 is 0 Å². The van der Waals surface area contributed by atoms with Gasteiger partial charge in [0.15, 0.2) is 0 Å². The third-order valence-electron chi connectivity index (χ3n) is 8.44. The summed E-state index contributed by atoms with van der Waals surface area (Å²) in [7, 11) is 1.87. The van der Waals surface area contributed by atoms with Crippen LogP contribution >= 0.6 is 0 Å². The molecular formula is C40H48N4O5. The predicted octanol–water partition coefficient (Wildman–Crippen LogP) is 6.17. The Bertz CT molecular complexity index is 1600. The molecule has 0 unspecified atom stereocenters. The molecule has 4 aromatic rings. The van der Waals surface area contributed by atoms with Crippen LogP contribution in [0.4, 0.5) is 10.5 Å². The third-order valence-corrected chi connectivity index (χ3v) is 8.44. The average Bonchev–Trinajstić information content (AvgIpc) is 3.46. The molecule has 5 N–H and O–H groups in total. The van der Waals surface area contributed by atoms with Crippen LogP contribution in [0.1, 0.15) is 61.3 Å². The van der Waals surface area contributed by atoms with E-state index in [1.807, 2.05) is 75.5 Å². The standard InChI is InChI=1S/C38H42N4O5.C2H6/c1-39-22-10-9-17-34(36(44)40-28-20-18-27(24-43)19-21-28)41-37(45)35(23-26-11-3-2-4-12-26)42-38(46)47-25-33-31-15-7-5-13-29(31)30-14-6-8-16-32(30)33;1-2/h2-8,11-16,18-21,33-35,39,43H,9-10,17,22-25H2,1H3,(H,40,44)(H,41,45)(H,42,46);1-2H3/t34-,35-;/m0./s1. The number of nitrogens with one attached hydrogen (secondary N) is 4. The molecule has 258 valence electrons. The maximum atomic E-state index is 13.8. The molecule has 3 amide bonds. The quantitative estimate of drug-likeness (QED) is 0.0968. The first-order chi connectivity index (χ1) is 24.0. The summed E-state index contributed by atoms with van der Waals surface area (Å²) in [5, 5.41) is 21.0. The van der Waals surface area contributed by atoms with E-state index in [0.717, 1.165) is 46.3 Å². The minimum atomic E-state index is -0.982. The van der Waals surface area contributed by atoms with Crippen LogP contribution in [-0.2, 0) is 27.4 Å². The highest BCUT2D eigenvalue weighted by Gasteiger charge is 2.31. The molecule has 0 bridgehead atoms. The molecule has 49 heavy (non-hydrogen) atoms. The van der Waals surface area contributed by atoms with Crippen LogP contribution in [0.5, 0.6) is 0 Å². The molecule has 1 aliphatic carbocycles. The van der Waals surface area contributed by atoms with Gasteiger partial charge in [-0.15, -0.1) is 0 Å². The maximum absolute atomic E-state index is 13.8. The van der Waals surface area contributed by atoms with Crippen molar-refractivity contribution in [2.75, 3.05) is 25.5 Å². The first-order valence-corrected chi connectivity index (χ1v) is 17.1. The lowest BCUT2D eigenvalue weighted by Gasteiger charge is -2.24. The second-order valence-corrected chi connectivity index (χ2v) is 11.7. The van der Waals surface area contributed by atoms with E-state index < -0.39 is 24.1 Å². The molecule has 2 atom stereocenters. The van der Waals surface area contributed by atoms with Crippen molar-refractivity contribution in [2.24, 2.45) is 0 Å². The van der Waals surface area contributed by atoms with Crippen LogP contribution < -0.4 is 21.3 Å². The summed E-state index contributed by atoms with van der Waals surface area (Å²) < 4.78 is 5.77. The molecule has 0 aliphatic heterocycles. The fraction of sp³-hybridized carbons (Fsp3) is 0.325. The zero-order valence-electron chi connectivity index (χ0n) is 28.6. The summed E-state index contributed by atoms with van der Waals surface area (Å²) in [6, 6.07) is 30.7. The van der Waals surface area contributed by atoms with Gasteiger partial charge in [0.1, 0.15) is 18.7 Å². The summed E-state index contributed by atoms with van der Waals surface area (Å²) in [5.74, 6) is -0.961. The number of benzene rings is 4. The van der Waals surface area contributed by atoms with Gasteiger partial charge in [-0.05, 0) is 78.4 Å². The molecule has 0 aromatic heterocycles. The lowest BCUT2D eigenvalue weighted by molar-refractivity contribution is -0.128. The zero-order valence-corrected chi connectivity index (χ0v) is 28.6. The number of rotatable bonds is 15. The van der Waals surface area contributed by atoms with Gasteiger partial charge in [0, 0.05) is 18.0 Å². The number of carbonyl (C=O) groups is 3. The van der Waals surface area contributed by atoms with Gasteiger partial charge in [-0.1, -0.05) is 105 Å². The average molecular weight is 665 g/mol. The van der Waals surface area contributed by atoms with E-state index in [1.165, 1.54) is 0 Å². The lowest BCUT2D eigenvalue weighted by atomic mass is 9.98. The van der Waals surface area contributed by atoms with Crippen LogP contribution in [0.2, 0.25) is 0 Å². The molecule has 0 saturated carbocycles. The van der Waals surface area contributed by atoms with E-state index in [-0.39, 0.29) is 31.5 Å². The van der Waals surface area contributed by atoms with Crippen molar-refractivity contribution in [1.82, 2.24) is 16.0 Å². The van der Waals surface area contributed by atoms with Gasteiger partial charge in [-0.25, -0.2) is 4.79 Å². The van der Waals surface area contributed by atoms with Crippen LogP contribution in [-0.4, -0.2) is 55.3 Å². The van der Waals surface area contributed by atoms with Crippen molar-refractivity contribution in [3.8, 4) is 11.1 Å². The Kier molecular flexibility index (Phi) is 14.4. The summed E-state index contributed by atoms with van der Waals surface area (Å²) in [5.41, 5.74) is 6.58. The molecule has 9 heteroatoms. The van der Waals surface area contributed by atoms with Crippen molar-refractivity contribution in [1.29, 1.82) is 0 Å². The largest absolute Gasteiger partial charge is 0.449 e. The number of hydrogen-bond donors (Lipinski definition) is 5. The van der Waals surface area contributed by atoms with Crippen LogP contribution in [0.3, 0.4) is 0 Å². The van der Waals surface area contributed by atoms with Crippen molar-refractivity contribution >= 4 is 23.6 Å².